The topological polar surface area (TPSA) is 40.5 Å². The second-order valence-electron chi connectivity index (χ2n) is 7.96. The van der Waals surface area contributed by atoms with E-state index in [4.69, 9.17) is 5.11 Å². The van der Waals surface area contributed by atoms with Crippen molar-refractivity contribution < 1.29 is 9.90 Å². The Hall–Kier alpha value is -3.07. The molecule has 0 fully saturated rings. The maximum Gasteiger partial charge on any atom is 0.303 e. The van der Waals surface area contributed by atoms with Crippen molar-refractivity contribution in [2.24, 2.45) is 0 Å². The zero-order valence-electron chi connectivity index (χ0n) is 19.3. The fourth-order valence-corrected chi connectivity index (χ4v) is 3.59. The first-order valence-electron chi connectivity index (χ1n) is 11.9. The Morgan fingerprint density at radius 1 is 0.594 bits per heavy atom. The van der Waals surface area contributed by atoms with Gasteiger partial charge in [-0.15, -0.1) is 0 Å². The standard InChI is InChI=1S/C18H15N.C11H22O2/c1-4-10-16(11-5-1)19(17-12-6-2-7-13-17)18-14-8-3-9-15-18;1-2-3-4-5-6-7-8-9-10-11(12)13/h1-15H;2-10H2,1H3,(H,12,13). The number of benzene rings is 3. The lowest BCUT2D eigenvalue weighted by molar-refractivity contribution is -0.137. The summed E-state index contributed by atoms with van der Waals surface area (Å²) >= 11 is 0. The zero-order valence-corrected chi connectivity index (χ0v) is 19.3. The number of nitrogens with zero attached hydrogens (tertiary/aromatic N) is 1. The predicted molar refractivity (Wildman–Crippen MR) is 136 cm³/mol. The molecule has 0 saturated carbocycles. The first-order valence-corrected chi connectivity index (χ1v) is 11.9. The van der Waals surface area contributed by atoms with Gasteiger partial charge in [-0.05, 0) is 42.8 Å². The molecule has 0 aliphatic rings. The number of unbranched alkanes of at least 4 members (excludes halogenated alkanes) is 7. The van der Waals surface area contributed by atoms with E-state index in [1.807, 2.05) is 18.2 Å². The molecule has 3 aromatic carbocycles. The third-order valence-corrected chi connectivity index (χ3v) is 5.29. The van der Waals surface area contributed by atoms with Gasteiger partial charge in [0.05, 0.1) is 0 Å². The summed E-state index contributed by atoms with van der Waals surface area (Å²) in [5, 5.41) is 8.39. The third kappa shape index (κ3) is 9.82. The highest BCUT2D eigenvalue weighted by molar-refractivity contribution is 5.76. The van der Waals surface area contributed by atoms with Crippen LogP contribution in [0.4, 0.5) is 17.1 Å². The van der Waals surface area contributed by atoms with Crippen LogP contribution in [0.25, 0.3) is 0 Å². The van der Waals surface area contributed by atoms with E-state index in [-0.39, 0.29) is 0 Å². The van der Waals surface area contributed by atoms with Crippen LogP contribution in [0.3, 0.4) is 0 Å². The van der Waals surface area contributed by atoms with Gasteiger partial charge in [0.25, 0.3) is 0 Å². The van der Waals surface area contributed by atoms with E-state index in [9.17, 15) is 4.79 Å². The maximum atomic E-state index is 10.2. The Bertz CT molecular complexity index is 756. The van der Waals surface area contributed by atoms with Crippen molar-refractivity contribution in [3.8, 4) is 0 Å². The van der Waals surface area contributed by atoms with E-state index >= 15 is 0 Å². The van der Waals surface area contributed by atoms with Crippen LogP contribution in [-0.4, -0.2) is 11.1 Å². The van der Waals surface area contributed by atoms with Crippen LogP contribution in [0.15, 0.2) is 91.0 Å². The first kappa shape index (κ1) is 25.2. The number of rotatable bonds is 12. The van der Waals surface area contributed by atoms with Crippen LogP contribution in [0.5, 0.6) is 0 Å². The number of carbonyl (C=O) groups is 1. The average molecular weight is 432 g/mol. The Kier molecular flexibility index (Phi) is 12.4. The molecule has 3 aromatic rings. The van der Waals surface area contributed by atoms with Gasteiger partial charge in [0, 0.05) is 23.5 Å². The summed E-state index contributed by atoms with van der Waals surface area (Å²) in [5.41, 5.74) is 3.50. The molecule has 32 heavy (non-hydrogen) atoms. The molecule has 0 spiro atoms. The molecule has 3 rings (SSSR count). The van der Waals surface area contributed by atoms with Gasteiger partial charge < -0.3 is 10.0 Å². The molecule has 3 nitrogen and oxygen atoms in total. The minimum atomic E-state index is -0.661. The van der Waals surface area contributed by atoms with Crippen molar-refractivity contribution >= 4 is 23.0 Å². The Balaban J connectivity index is 0.000000247. The molecule has 0 atom stereocenters. The van der Waals surface area contributed by atoms with Crippen LogP contribution < -0.4 is 4.90 Å². The number of hydrogen-bond donors (Lipinski definition) is 1. The predicted octanol–water partition coefficient (Wildman–Crippen LogP) is 8.76. The zero-order chi connectivity index (χ0) is 22.9. The number of para-hydroxylation sites is 3. The summed E-state index contributed by atoms with van der Waals surface area (Å²) in [6.07, 6.45) is 10.1. The number of anilines is 3. The Labute approximate surface area is 193 Å². The fourth-order valence-electron chi connectivity index (χ4n) is 3.59. The third-order valence-electron chi connectivity index (χ3n) is 5.29. The molecule has 0 aromatic heterocycles. The van der Waals surface area contributed by atoms with Crippen LogP contribution in [0, 0.1) is 0 Å². The molecule has 0 bridgehead atoms. The van der Waals surface area contributed by atoms with Gasteiger partial charge in [0.2, 0.25) is 0 Å². The van der Waals surface area contributed by atoms with E-state index in [1.165, 1.54) is 55.6 Å². The highest BCUT2D eigenvalue weighted by Crippen LogP contribution is 2.33. The molecule has 0 amide bonds. The highest BCUT2D eigenvalue weighted by Gasteiger charge is 2.10. The molecule has 0 aliphatic heterocycles. The van der Waals surface area contributed by atoms with Crippen molar-refractivity contribution in [2.75, 3.05) is 4.90 Å². The lowest BCUT2D eigenvalue weighted by atomic mass is 10.1. The van der Waals surface area contributed by atoms with Crippen LogP contribution in [0.2, 0.25) is 0 Å². The van der Waals surface area contributed by atoms with Crippen molar-refractivity contribution in [3.05, 3.63) is 91.0 Å². The quantitative estimate of drug-likeness (QED) is 0.291. The van der Waals surface area contributed by atoms with Crippen molar-refractivity contribution in [1.29, 1.82) is 0 Å². The summed E-state index contributed by atoms with van der Waals surface area (Å²) in [4.78, 5) is 12.4. The maximum absolute atomic E-state index is 10.2. The van der Waals surface area contributed by atoms with Crippen molar-refractivity contribution in [2.45, 2.75) is 64.7 Å². The molecule has 0 radical (unpaired) electrons. The van der Waals surface area contributed by atoms with Crippen molar-refractivity contribution in [3.63, 3.8) is 0 Å². The Morgan fingerprint density at radius 2 is 0.938 bits per heavy atom. The lowest BCUT2D eigenvalue weighted by Crippen LogP contribution is -2.09. The van der Waals surface area contributed by atoms with Gasteiger partial charge in [-0.3, -0.25) is 4.79 Å². The highest BCUT2D eigenvalue weighted by atomic mass is 16.4. The molecule has 170 valence electrons. The number of aliphatic carboxylic acids is 1. The molecule has 0 aliphatic carbocycles. The van der Waals surface area contributed by atoms with Gasteiger partial charge in [-0.1, -0.05) is 106 Å². The van der Waals surface area contributed by atoms with E-state index in [0.29, 0.717) is 6.42 Å². The molecular formula is C29H37NO2. The molecule has 0 saturated heterocycles. The smallest absolute Gasteiger partial charge is 0.303 e. The minimum Gasteiger partial charge on any atom is -0.481 e. The monoisotopic (exact) mass is 431 g/mol. The van der Waals surface area contributed by atoms with E-state index in [2.05, 4.69) is 84.6 Å². The Morgan fingerprint density at radius 3 is 1.28 bits per heavy atom. The second kappa shape index (κ2) is 15.7. The summed E-state index contributed by atoms with van der Waals surface area (Å²) in [6, 6.07) is 31.3. The minimum absolute atomic E-state index is 0.342. The number of carboxylic acids is 1. The van der Waals surface area contributed by atoms with Gasteiger partial charge in [-0.2, -0.15) is 0 Å². The molecular weight excluding hydrogens is 394 g/mol. The summed E-state index contributed by atoms with van der Waals surface area (Å²) in [5.74, 6) is -0.661. The van der Waals surface area contributed by atoms with E-state index in [1.54, 1.807) is 0 Å². The first-order chi connectivity index (χ1) is 15.7. The normalized spacial score (nSPS) is 10.2. The summed E-state index contributed by atoms with van der Waals surface area (Å²) in [7, 11) is 0. The number of hydrogen-bond acceptors (Lipinski definition) is 2. The lowest BCUT2D eigenvalue weighted by Gasteiger charge is -2.25. The summed E-state index contributed by atoms with van der Waals surface area (Å²) in [6.45, 7) is 2.22. The second-order valence-corrected chi connectivity index (χ2v) is 7.96. The van der Waals surface area contributed by atoms with Gasteiger partial charge in [0.1, 0.15) is 0 Å². The van der Waals surface area contributed by atoms with Crippen LogP contribution in [0.1, 0.15) is 64.7 Å². The molecule has 0 heterocycles. The van der Waals surface area contributed by atoms with Gasteiger partial charge >= 0.3 is 5.97 Å². The summed E-state index contributed by atoms with van der Waals surface area (Å²) < 4.78 is 0. The van der Waals surface area contributed by atoms with Crippen molar-refractivity contribution in [1.82, 2.24) is 0 Å². The molecule has 3 heteroatoms. The average Bonchev–Trinajstić information content (AvgIpc) is 2.83. The molecule has 0 unspecified atom stereocenters. The van der Waals surface area contributed by atoms with Gasteiger partial charge in [-0.25, -0.2) is 0 Å². The SMILES string of the molecule is CCCCCCCCCCC(=O)O.c1ccc(N(c2ccccc2)c2ccccc2)cc1. The largest absolute Gasteiger partial charge is 0.481 e. The molecule has 1 N–H and O–H groups in total. The number of carboxylic acid groups (broad SMARTS) is 1. The van der Waals surface area contributed by atoms with E-state index < -0.39 is 5.97 Å². The fraction of sp³-hybridized carbons (Fsp3) is 0.345. The van der Waals surface area contributed by atoms with Crippen LogP contribution in [-0.2, 0) is 4.79 Å². The van der Waals surface area contributed by atoms with Crippen LogP contribution >= 0.6 is 0 Å². The van der Waals surface area contributed by atoms with E-state index in [0.717, 1.165) is 12.8 Å². The van der Waals surface area contributed by atoms with Gasteiger partial charge in [0.15, 0.2) is 0 Å².